The average molecular weight is 362 g/mol. The van der Waals surface area contributed by atoms with Crippen molar-refractivity contribution >= 4 is 11.9 Å². The van der Waals surface area contributed by atoms with E-state index in [1.54, 1.807) is 11.8 Å². The van der Waals surface area contributed by atoms with Gasteiger partial charge in [-0.1, -0.05) is 6.92 Å². The summed E-state index contributed by atoms with van der Waals surface area (Å²) in [6, 6.07) is 3.41. The van der Waals surface area contributed by atoms with Crippen LogP contribution in [0.15, 0.2) is 16.5 Å². The van der Waals surface area contributed by atoms with Crippen molar-refractivity contribution in [2.75, 3.05) is 19.6 Å². The maximum atomic E-state index is 12.2. The molecule has 2 fully saturated rings. The van der Waals surface area contributed by atoms with E-state index in [1.807, 2.05) is 0 Å². The Labute approximate surface area is 155 Å². The molecule has 0 radical (unpaired) electrons. The van der Waals surface area contributed by atoms with Crippen LogP contribution in [0.5, 0.6) is 0 Å². The largest absolute Gasteiger partial charge is 0.480 e. The van der Waals surface area contributed by atoms with Crippen molar-refractivity contribution in [2.24, 2.45) is 5.41 Å². The number of aryl methyl sites for hydroxylation is 1. The number of hydrogen-bond acceptors (Lipinski definition) is 4. The SMILES string of the molecule is CCCc1ccc(CN2CCC3(CCC(=O)N([C@H](C)C(=O)O)C3)CC2)o1. The van der Waals surface area contributed by atoms with Gasteiger partial charge in [0.1, 0.15) is 17.6 Å². The lowest BCUT2D eigenvalue weighted by atomic mass is 9.72. The van der Waals surface area contributed by atoms with Crippen molar-refractivity contribution < 1.29 is 19.1 Å². The highest BCUT2D eigenvalue weighted by Gasteiger charge is 2.43. The Bertz CT molecular complexity index is 646. The van der Waals surface area contributed by atoms with Crippen molar-refractivity contribution in [3.8, 4) is 0 Å². The number of likely N-dealkylation sites (tertiary alicyclic amines) is 2. The quantitative estimate of drug-likeness (QED) is 0.842. The first-order valence-electron chi connectivity index (χ1n) is 9.75. The summed E-state index contributed by atoms with van der Waals surface area (Å²) in [6.07, 6.45) is 5.43. The van der Waals surface area contributed by atoms with Gasteiger partial charge in [0.2, 0.25) is 5.91 Å². The third kappa shape index (κ3) is 4.11. The number of amides is 1. The zero-order valence-corrected chi connectivity index (χ0v) is 15.9. The molecule has 1 amide bonds. The van der Waals surface area contributed by atoms with Crippen molar-refractivity contribution in [2.45, 2.75) is 65.0 Å². The normalized spacial score (nSPS) is 21.9. The molecule has 1 N–H and O–H groups in total. The second kappa shape index (κ2) is 7.82. The molecule has 2 aliphatic rings. The molecule has 0 aromatic carbocycles. The number of aliphatic carboxylic acids is 1. The van der Waals surface area contributed by atoms with Gasteiger partial charge in [-0.15, -0.1) is 0 Å². The minimum absolute atomic E-state index is 0.0213. The van der Waals surface area contributed by atoms with Crippen LogP contribution in [0.1, 0.15) is 57.5 Å². The fourth-order valence-corrected chi connectivity index (χ4v) is 4.23. The van der Waals surface area contributed by atoms with Crippen LogP contribution >= 0.6 is 0 Å². The van der Waals surface area contributed by atoms with Gasteiger partial charge in [-0.25, -0.2) is 4.79 Å². The molecule has 6 heteroatoms. The number of nitrogens with zero attached hydrogens (tertiary/aromatic N) is 2. The number of carboxylic acid groups (broad SMARTS) is 1. The number of rotatable bonds is 6. The van der Waals surface area contributed by atoms with Gasteiger partial charge in [-0.2, -0.15) is 0 Å². The van der Waals surface area contributed by atoms with Gasteiger partial charge < -0.3 is 14.4 Å². The summed E-state index contributed by atoms with van der Waals surface area (Å²) in [5, 5.41) is 9.27. The summed E-state index contributed by atoms with van der Waals surface area (Å²) in [5.74, 6) is 1.13. The molecule has 3 rings (SSSR count). The summed E-state index contributed by atoms with van der Waals surface area (Å²) in [4.78, 5) is 27.5. The second-order valence-electron chi connectivity index (χ2n) is 7.93. The first-order chi connectivity index (χ1) is 12.4. The average Bonchev–Trinajstić information content (AvgIpc) is 3.06. The molecule has 1 aromatic heterocycles. The number of furan rings is 1. The van der Waals surface area contributed by atoms with Crippen LogP contribution in [0, 0.1) is 5.41 Å². The fraction of sp³-hybridized carbons (Fsp3) is 0.700. The lowest BCUT2D eigenvalue weighted by Crippen LogP contribution is -2.55. The summed E-state index contributed by atoms with van der Waals surface area (Å²) in [5.41, 5.74) is 0.0741. The van der Waals surface area contributed by atoms with E-state index >= 15 is 0 Å². The Morgan fingerprint density at radius 2 is 1.96 bits per heavy atom. The maximum absolute atomic E-state index is 12.2. The maximum Gasteiger partial charge on any atom is 0.326 e. The standard InChI is InChI=1S/C20H30N2O4/c1-3-4-16-5-6-17(26-16)13-21-11-9-20(10-12-21)8-7-18(23)22(14-20)15(2)19(24)25/h5-6,15H,3-4,7-14H2,1-2H3,(H,24,25)/t15-/m1/s1. The highest BCUT2D eigenvalue weighted by Crippen LogP contribution is 2.41. The molecule has 144 valence electrons. The summed E-state index contributed by atoms with van der Waals surface area (Å²) in [6.45, 7) is 7.10. The van der Waals surface area contributed by atoms with Crippen LogP contribution in [0.2, 0.25) is 0 Å². The number of piperidine rings is 2. The van der Waals surface area contributed by atoms with E-state index in [-0.39, 0.29) is 11.3 Å². The van der Waals surface area contributed by atoms with Gasteiger partial charge in [-0.3, -0.25) is 9.69 Å². The van der Waals surface area contributed by atoms with E-state index in [1.165, 1.54) is 0 Å². The lowest BCUT2D eigenvalue weighted by Gasteiger charge is -2.48. The Kier molecular flexibility index (Phi) is 5.70. The van der Waals surface area contributed by atoms with Crippen molar-refractivity contribution in [1.82, 2.24) is 9.80 Å². The van der Waals surface area contributed by atoms with Crippen LogP contribution in [0.4, 0.5) is 0 Å². The van der Waals surface area contributed by atoms with E-state index in [4.69, 9.17) is 4.42 Å². The molecule has 2 aliphatic heterocycles. The molecule has 0 unspecified atom stereocenters. The molecular formula is C20H30N2O4. The van der Waals surface area contributed by atoms with Gasteiger partial charge in [0.15, 0.2) is 0 Å². The van der Waals surface area contributed by atoms with Crippen molar-refractivity contribution in [1.29, 1.82) is 0 Å². The molecule has 0 aliphatic carbocycles. The Hall–Kier alpha value is -1.82. The fourth-order valence-electron chi connectivity index (χ4n) is 4.23. The minimum atomic E-state index is -0.923. The molecular weight excluding hydrogens is 332 g/mol. The van der Waals surface area contributed by atoms with E-state index in [0.29, 0.717) is 13.0 Å². The molecule has 0 bridgehead atoms. The van der Waals surface area contributed by atoms with Crippen LogP contribution in [0.25, 0.3) is 0 Å². The molecule has 1 aromatic rings. The van der Waals surface area contributed by atoms with Crippen LogP contribution in [-0.2, 0) is 22.6 Å². The summed E-state index contributed by atoms with van der Waals surface area (Å²) in [7, 11) is 0. The number of carboxylic acids is 1. The van der Waals surface area contributed by atoms with Crippen molar-refractivity contribution in [3.63, 3.8) is 0 Å². The van der Waals surface area contributed by atoms with Gasteiger partial charge >= 0.3 is 5.97 Å². The topological polar surface area (TPSA) is 74.0 Å². The molecule has 26 heavy (non-hydrogen) atoms. The third-order valence-electron chi connectivity index (χ3n) is 6.03. The Balaban J connectivity index is 1.56. The van der Waals surface area contributed by atoms with Gasteiger partial charge in [0.05, 0.1) is 6.54 Å². The van der Waals surface area contributed by atoms with E-state index in [2.05, 4.69) is 24.0 Å². The van der Waals surface area contributed by atoms with Gasteiger partial charge in [0, 0.05) is 19.4 Å². The predicted molar refractivity (Wildman–Crippen MR) is 97.7 cm³/mol. The Morgan fingerprint density at radius 3 is 2.62 bits per heavy atom. The highest BCUT2D eigenvalue weighted by molar-refractivity contribution is 5.84. The van der Waals surface area contributed by atoms with E-state index in [9.17, 15) is 14.7 Å². The smallest absolute Gasteiger partial charge is 0.326 e. The van der Waals surface area contributed by atoms with Crippen LogP contribution < -0.4 is 0 Å². The van der Waals surface area contributed by atoms with E-state index < -0.39 is 12.0 Å². The van der Waals surface area contributed by atoms with Crippen LogP contribution in [0.3, 0.4) is 0 Å². The lowest BCUT2D eigenvalue weighted by molar-refractivity contribution is -0.155. The minimum Gasteiger partial charge on any atom is -0.480 e. The second-order valence-corrected chi connectivity index (χ2v) is 7.93. The zero-order chi connectivity index (χ0) is 18.7. The van der Waals surface area contributed by atoms with Gasteiger partial charge in [0.25, 0.3) is 0 Å². The summed E-state index contributed by atoms with van der Waals surface area (Å²) >= 11 is 0. The summed E-state index contributed by atoms with van der Waals surface area (Å²) < 4.78 is 5.89. The van der Waals surface area contributed by atoms with E-state index in [0.717, 1.165) is 63.3 Å². The first-order valence-corrected chi connectivity index (χ1v) is 9.75. The first kappa shape index (κ1) is 19.0. The predicted octanol–water partition coefficient (Wildman–Crippen LogP) is 2.91. The Morgan fingerprint density at radius 1 is 1.27 bits per heavy atom. The molecule has 1 spiro atoms. The van der Waals surface area contributed by atoms with Crippen molar-refractivity contribution in [3.05, 3.63) is 23.7 Å². The van der Waals surface area contributed by atoms with Crippen LogP contribution in [-0.4, -0.2) is 52.5 Å². The molecule has 0 saturated carbocycles. The highest BCUT2D eigenvalue weighted by atomic mass is 16.4. The molecule has 1 atom stereocenters. The molecule has 6 nitrogen and oxygen atoms in total. The number of carbonyl (C=O) groups is 2. The molecule has 2 saturated heterocycles. The third-order valence-corrected chi connectivity index (χ3v) is 6.03. The monoisotopic (exact) mass is 362 g/mol. The van der Waals surface area contributed by atoms with Gasteiger partial charge in [-0.05, 0) is 63.2 Å². The number of hydrogen-bond donors (Lipinski definition) is 1. The molecule has 3 heterocycles. The zero-order valence-electron chi connectivity index (χ0n) is 15.9. The number of carbonyl (C=O) groups excluding carboxylic acids is 1.